The zero-order chi connectivity index (χ0) is 32.3. The van der Waals surface area contributed by atoms with Crippen molar-refractivity contribution >= 4 is 23.8 Å². The van der Waals surface area contributed by atoms with Crippen molar-refractivity contribution in [3.63, 3.8) is 0 Å². The molecule has 2 aliphatic rings. The van der Waals surface area contributed by atoms with Gasteiger partial charge >= 0.3 is 11.9 Å². The lowest BCUT2D eigenvalue weighted by molar-refractivity contribution is -0.147. The molecular weight excluding hydrogens is 536 g/mol. The Bertz CT molecular complexity index is 782. The minimum atomic E-state index is -0.395. The van der Waals surface area contributed by atoms with Crippen LogP contribution < -0.4 is 0 Å². The Kier molecular flexibility index (Phi) is 26.8. The van der Waals surface area contributed by atoms with Gasteiger partial charge in [-0.15, -0.1) is 0 Å². The largest absolute Gasteiger partial charge is 0.465 e. The zero-order valence-corrected chi connectivity index (χ0v) is 27.5. The van der Waals surface area contributed by atoms with Crippen molar-refractivity contribution in [3.8, 4) is 0 Å². The highest BCUT2D eigenvalue weighted by Crippen LogP contribution is 2.15. The molecule has 9 heteroatoms. The molecule has 0 aromatic heterocycles. The summed E-state index contributed by atoms with van der Waals surface area (Å²) in [6.07, 6.45) is 13.6. The van der Waals surface area contributed by atoms with E-state index in [1.165, 1.54) is 19.3 Å². The number of amides is 2. The van der Waals surface area contributed by atoms with Gasteiger partial charge in [0.05, 0.1) is 19.1 Å². The molecule has 9 nitrogen and oxygen atoms in total. The highest BCUT2D eigenvalue weighted by Gasteiger charge is 2.20. The third-order valence-corrected chi connectivity index (χ3v) is 6.66. The lowest BCUT2D eigenvalue weighted by Gasteiger charge is -2.26. The summed E-state index contributed by atoms with van der Waals surface area (Å²) in [6, 6.07) is 0.440. The number of esters is 2. The summed E-state index contributed by atoms with van der Waals surface area (Å²) in [5, 5.41) is 8.30. The lowest BCUT2D eigenvalue weighted by Crippen LogP contribution is -2.37. The van der Waals surface area contributed by atoms with E-state index in [1.54, 1.807) is 18.0 Å². The molecule has 0 radical (unpaired) electrons. The predicted octanol–water partition coefficient (Wildman–Crippen LogP) is 6.19. The molecule has 0 aromatic rings. The number of aliphatic hydroxyl groups excluding tert-OH is 1. The molecule has 0 aromatic carbocycles. The highest BCUT2D eigenvalue weighted by molar-refractivity contribution is 5.86. The van der Waals surface area contributed by atoms with Crippen LogP contribution in [0, 0.1) is 5.92 Å². The predicted molar refractivity (Wildman–Crippen MR) is 168 cm³/mol. The number of unbranched alkanes of at least 4 members (excludes halogenated alkanes) is 1. The molecule has 2 saturated heterocycles. The highest BCUT2D eigenvalue weighted by atomic mass is 16.5. The summed E-state index contributed by atoms with van der Waals surface area (Å²) in [4.78, 5) is 47.8. The van der Waals surface area contributed by atoms with Gasteiger partial charge in [-0.2, -0.15) is 0 Å². The van der Waals surface area contributed by atoms with Gasteiger partial charge in [-0.3, -0.25) is 14.4 Å². The normalized spacial score (nSPS) is 15.7. The first-order valence-electron chi connectivity index (χ1n) is 15.8. The van der Waals surface area contributed by atoms with Crippen LogP contribution in [0.5, 0.6) is 0 Å². The van der Waals surface area contributed by atoms with Crippen molar-refractivity contribution < 1.29 is 33.8 Å². The van der Waals surface area contributed by atoms with E-state index in [9.17, 15) is 19.2 Å². The number of nitrogens with zero attached hydrogens (tertiary/aromatic N) is 2. The number of ether oxygens (including phenoxy) is 2. The number of rotatable bonds is 11. The van der Waals surface area contributed by atoms with Crippen molar-refractivity contribution in [3.05, 3.63) is 24.9 Å². The van der Waals surface area contributed by atoms with Crippen LogP contribution in [-0.2, 0) is 28.7 Å². The topological polar surface area (TPSA) is 113 Å². The molecule has 1 atom stereocenters. The van der Waals surface area contributed by atoms with E-state index >= 15 is 0 Å². The maximum absolute atomic E-state index is 11.5. The fraction of sp³-hybridized carbons (Fsp3) is 0.758. The van der Waals surface area contributed by atoms with Crippen LogP contribution in [0.15, 0.2) is 24.9 Å². The van der Waals surface area contributed by atoms with Crippen molar-refractivity contribution in [2.75, 3.05) is 32.9 Å². The Balaban J connectivity index is 0. The van der Waals surface area contributed by atoms with Gasteiger partial charge < -0.3 is 24.4 Å². The second-order valence-electron chi connectivity index (χ2n) is 10.9. The first-order valence-corrected chi connectivity index (χ1v) is 15.8. The first kappa shape index (κ1) is 41.5. The molecule has 0 spiro atoms. The third-order valence-electron chi connectivity index (χ3n) is 6.66. The molecule has 1 N–H and O–H groups in total. The van der Waals surface area contributed by atoms with E-state index in [-0.39, 0.29) is 31.0 Å². The Labute approximate surface area is 255 Å². The van der Waals surface area contributed by atoms with Gasteiger partial charge in [0.1, 0.15) is 0 Å². The standard InChI is InChI=1S/C10H19NO.C8H13NO.C8H16O2.C7H12O3/c1-3-9(2)11-8-6-4-5-7-10(11)12;1-2-9-7-5-3-4-6-8(9)10;1-4-5-6-10-8(9)7(2)3;1-6(2)7(9)10-5-3-4-8/h9H,3-8H2,1-2H3;2H,1,3-7H2;7H,4-6H2,1-3H3;8H,1,3-5H2,2H3. The number of carbonyl (C=O) groups is 4. The fourth-order valence-electron chi connectivity index (χ4n) is 3.72. The van der Waals surface area contributed by atoms with Gasteiger partial charge in [0.15, 0.2) is 0 Å². The maximum Gasteiger partial charge on any atom is 0.333 e. The van der Waals surface area contributed by atoms with E-state index in [0.29, 0.717) is 37.0 Å². The minimum absolute atomic E-state index is 0.0110. The number of hydrogen-bond donors (Lipinski definition) is 1. The molecule has 0 bridgehead atoms. The summed E-state index contributed by atoms with van der Waals surface area (Å²) in [7, 11) is 0. The van der Waals surface area contributed by atoms with Crippen LogP contribution >= 0.6 is 0 Å². The summed E-state index contributed by atoms with van der Waals surface area (Å²) >= 11 is 0. The molecule has 2 amide bonds. The van der Waals surface area contributed by atoms with E-state index in [1.807, 2.05) is 18.7 Å². The number of likely N-dealkylation sites (tertiary alicyclic amines) is 2. The maximum atomic E-state index is 11.5. The van der Waals surface area contributed by atoms with Crippen LogP contribution in [0.25, 0.3) is 0 Å². The average Bonchev–Trinajstić information content (AvgIpc) is 3.32. The number of carbonyl (C=O) groups excluding carboxylic acids is 4. The quantitative estimate of drug-likeness (QED) is 0.172. The second kappa shape index (κ2) is 27.2. The Hall–Kier alpha value is -2.68. The molecule has 2 fully saturated rings. The summed E-state index contributed by atoms with van der Waals surface area (Å²) in [6.45, 7) is 21.3. The third kappa shape index (κ3) is 22.0. The zero-order valence-electron chi connectivity index (χ0n) is 27.5. The van der Waals surface area contributed by atoms with Gasteiger partial charge in [0.2, 0.25) is 11.8 Å². The molecule has 0 saturated carbocycles. The number of hydrogen-bond acceptors (Lipinski definition) is 7. The van der Waals surface area contributed by atoms with Crippen molar-refractivity contribution in [2.24, 2.45) is 5.92 Å². The van der Waals surface area contributed by atoms with Gasteiger partial charge in [0.25, 0.3) is 0 Å². The van der Waals surface area contributed by atoms with E-state index in [4.69, 9.17) is 9.84 Å². The van der Waals surface area contributed by atoms with Crippen LogP contribution in [-0.4, -0.2) is 77.6 Å². The minimum Gasteiger partial charge on any atom is -0.465 e. The monoisotopic (exact) mass is 596 g/mol. The van der Waals surface area contributed by atoms with E-state index in [0.717, 1.165) is 58.0 Å². The Morgan fingerprint density at radius 3 is 1.98 bits per heavy atom. The van der Waals surface area contributed by atoms with Crippen molar-refractivity contribution in [1.82, 2.24) is 9.80 Å². The molecule has 42 heavy (non-hydrogen) atoms. The van der Waals surface area contributed by atoms with Crippen molar-refractivity contribution in [1.29, 1.82) is 0 Å². The second-order valence-corrected chi connectivity index (χ2v) is 10.9. The molecule has 244 valence electrons. The Morgan fingerprint density at radius 2 is 1.48 bits per heavy atom. The van der Waals surface area contributed by atoms with Crippen molar-refractivity contribution in [2.45, 2.75) is 125 Å². The van der Waals surface area contributed by atoms with Gasteiger partial charge in [0, 0.05) is 50.6 Å². The Morgan fingerprint density at radius 1 is 0.905 bits per heavy atom. The average molecular weight is 597 g/mol. The van der Waals surface area contributed by atoms with Gasteiger partial charge in [-0.1, -0.05) is 60.1 Å². The summed E-state index contributed by atoms with van der Waals surface area (Å²) < 4.78 is 9.55. The molecular formula is C33H60N2O7. The lowest BCUT2D eigenvalue weighted by atomic mass is 10.2. The van der Waals surface area contributed by atoms with Gasteiger partial charge in [-0.25, -0.2) is 4.79 Å². The summed E-state index contributed by atoms with van der Waals surface area (Å²) in [5.41, 5.74) is 0.387. The SMILES string of the molecule is C=C(C)C(=O)OCCCO.C=CN1CCCCCC1=O.CCC(C)N1CCCCCC1=O.CCCCOC(=O)C(C)C. The smallest absolute Gasteiger partial charge is 0.333 e. The van der Waals surface area contributed by atoms with Crippen LogP contribution in [0.1, 0.15) is 119 Å². The summed E-state index contributed by atoms with van der Waals surface area (Å²) in [5.74, 6) is 0.119. The van der Waals surface area contributed by atoms with Crippen LogP contribution in [0.4, 0.5) is 0 Å². The molecule has 2 heterocycles. The number of aliphatic hydroxyl groups is 1. The first-order chi connectivity index (χ1) is 20.0. The van der Waals surface area contributed by atoms with E-state index < -0.39 is 5.97 Å². The van der Waals surface area contributed by atoms with Crippen LogP contribution in [0.3, 0.4) is 0 Å². The van der Waals surface area contributed by atoms with Crippen LogP contribution in [0.2, 0.25) is 0 Å². The fourth-order valence-corrected chi connectivity index (χ4v) is 3.72. The molecule has 0 aliphatic carbocycles. The van der Waals surface area contributed by atoms with Gasteiger partial charge in [-0.05, 0) is 58.6 Å². The molecule has 1 unspecified atom stereocenters. The van der Waals surface area contributed by atoms with E-state index in [2.05, 4.69) is 38.7 Å². The molecule has 2 aliphatic heterocycles. The molecule has 2 rings (SSSR count).